The predicted octanol–water partition coefficient (Wildman–Crippen LogP) is 3.75. The second-order valence-corrected chi connectivity index (χ2v) is 2.81. The van der Waals surface area contributed by atoms with E-state index in [0.717, 1.165) is 19.3 Å². The van der Waals surface area contributed by atoms with Crippen molar-refractivity contribution in [2.24, 2.45) is 0 Å². The van der Waals surface area contributed by atoms with Crippen LogP contribution in [0.15, 0.2) is 54.7 Å². The van der Waals surface area contributed by atoms with E-state index in [1.54, 1.807) is 0 Å². The fraction of sp³-hybridized carbons (Fsp3) is 0.231. The van der Waals surface area contributed by atoms with Crippen molar-refractivity contribution in [3.8, 4) is 0 Å². The van der Waals surface area contributed by atoms with Gasteiger partial charge in [-0.15, -0.1) is 0 Å². The van der Waals surface area contributed by atoms with E-state index >= 15 is 0 Å². The second kappa shape index (κ2) is 7.35. The summed E-state index contributed by atoms with van der Waals surface area (Å²) < 4.78 is 0. The maximum absolute atomic E-state index is 3.21. The molecule has 67 valence electrons. The van der Waals surface area contributed by atoms with Crippen LogP contribution in [-0.4, -0.2) is 0 Å². The Morgan fingerprint density at radius 3 is 2.46 bits per heavy atom. The normalized spacial score (nSPS) is 30.2. The molecule has 0 aromatic heterocycles. The Labute approximate surface area is 80.7 Å². The molecule has 0 nitrogen and oxygen atoms in total. The Hall–Kier alpha value is -1.30. The Morgan fingerprint density at radius 1 is 0.769 bits per heavy atom. The molecule has 1 aliphatic rings. The van der Waals surface area contributed by atoms with E-state index < -0.39 is 0 Å². The van der Waals surface area contributed by atoms with Gasteiger partial charge in [0, 0.05) is 0 Å². The lowest BCUT2D eigenvalue weighted by Crippen LogP contribution is -1.64. The topological polar surface area (TPSA) is 0 Å². The van der Waals surface area contributed by atoms with Crippen molar-refractivity contribution < 1.29 is 0 Å². The van der Waals surface area contributed by atoms with Gasteiger partial charge in [0.05, 0.1) is 0 Å². The fourth-order valence-electron chi connectivity index (χ4n) is 1.00. The molecule has 1 aliphatic carbocycles. The number of allylic oxidation sites excluding steroid dienone is 10. The third-order valence-corrected chi connectivity index (χ3v) is 1.68. The maximum atomic E-state index is 3.21. The van der Waals surface area contributed by atoms with E-state index in [4.69, 9.17) is 0 Å². The SMILES string of the molecule is [C]1=C/C=C\C\C=C/C=C/C=C\CC/1. The minimum atomic E-state index is 0.992. The minimum absolute atomic E-state index is 0.992. The van der Waals surface area contributed by atoms with Crippen molar-refractivity contribution in [2.75, 3.05) is 0 Å². The molecule has 1 radical (unpaired) electrons. The molecule has 13 heavy (non-hydrogen) atoms. The molecule has 0 atom stereocenters. The summed E-state index contributed by atoms with van der Waals surface area (Å²) in [6.45, 7) is 0. The summed E-state index contributed by atoms with van der Waals surface area (Å²) in [4.78, 5) is 0. The zero-order valence-corrected chi connectivity index (χ0v) is 7.82. The first-order valence-corrected chi connectivity index (χ1v) is 4.70. The van der Waals surface area contributed by atoms with Gasteiger partial charge in [0.2, 0.25) is 0 Å². The molecule has 0 saturated carbocycles. The van der Waals surface area contributed by atoms with Crippen molar-refractivity contribution in [2.45, 2.75) is 19.3 Å². The molecule has 0 aliphatic heterocycles. The highest BCUT2D eigenvalue weighted by atomic mass is 13.8. The van der Waals surface area contributed by atoms with E-state index in [2.05, 4.69) is 54.7 Å². The average molecular weight is 171 g/mol. The van der Waals surface area contributed by atoms with Crippen LogP contribution in [0.5, 0.6) is 0 Å². The van der Waals surface area contributed by atoms with E-state index in [-0.39, 0.29) is 0 Å². The summed E-state index contributed by atoms with van der Waals surface area (Å²) >= 11 is 0. The van der Waals surface area contributed by atoms with Crippen molar-refractivity contribution >= 4 is 0 Å². The zero-order chi connectivity index (χ0) is 9.19. The van der Waals surface area contributed by atoms with Crippen molar-refractivity contribution in [1.82, 2.24) is 0 Å². The lowest BCUT2D eigenvalue weighted by molar-refractivity contribution is 1.03. The fourth-order valence-corrected chi connectivity index (χ4v) is 1.00. The zero-order valence-electron chi connectivity index (χ0n) is 7.82. The molecule has 0 aromatic rings. The summed E-state index contributed by atoms with van der Waals surface area (Å²) in [5, 5.41) is 0. The van der Waals surface area contributed by atoms with Gasteiger partial charge in [0.1, 0.15) is 0 Å². The van der Waals surface area contributed by atoms with E-state index in [1.807, 2.05) is 6.08 Å². The largest absolute Gasteiger partial charge is 0.0842 e. The van der Waals surface area contributed by atoms with Gasteiger partial charge < -0.3 is 0 Å². The van der Waals surface area contributed by atoms with Gasteiger partial charge >= 0.3 is 0 Å². The van der Waals surface area contributed by atoms with Crippen LogP contribution in [0.2, 0.25) is 0 Å². The quantitative estimate of drug-likeness (QED) is 0.520. The highest BCUT2D eigenvalue weighted by Crippen LogP contribution is 1.95. The third-order valence-electron chi connectivity index (χ3n) is 1.68. The molecule has 0 heterocycles. The first kappa shape index (κ1) is 9.79. The number of hydrogen-bond donors (Lipinski definition) is 0. The highest BCUT2D eigenvalue weighted by Gasteiger charge is 1.76. The molecule has 0 unspecified atom stereocenters. The van der Waals surface area contributed by atoms with Gasteiger partial charge in [-0.2, -0.15) is 0 Å². The van der Waals surface area contributed by atoms with Gasteiger partial charge in [-0.25, -0.2) is 0 Å². The van der Waals surface area contributed by atoms with Gasteiger partial charge in [-0.05, 0) is 25.3 Å². The molecule has 0 amide bonds. The van der Waals surface area contributed by atoms with Crippen molar-refractivity contribution in [3.63, 3.8) is 0 Å². The van der Waals surface area contributed by atoms with Gasteiger partial charge in [0.15, 0.2) is 0 Å². The lowest BCUT2D eigenvalue weighted by Gasteiger charge is -1.82. The van der Waals surface area contributed by atoms with Crippen LogP contribution in [0.1, 0.15) is 19.3 Å². The Bertz CT molecular complexity index is 249. The smallest absolute Gasteiger partial charge is 0.0163 e. The summed E-state index contributed by atoms with van der Waals surface area (Å²) in [6, 6.07) is 0. The molecular weight excluding hydrogens is 156 g/mol. The van der Waals surface area contributed by atoms with Crippen molar-refractivity contribution in [1.29, 1.82) is 0 Å². The summed E-state index contributed by atoms with van der Waals surface area (Å²) in [7, 11) is 0. The summed E-state index contributed by atoms with van der Waals surface area (Å²) in [5.74, 6) is 0. The average Bonchev–Trinajstić information content (AvgIpc) is 2.18. The molecule has 0 fully saturated rings. The first-order chi connectivity index (χ1) is 6.50. The molecule has 0 heteroatoms. The molecule has 1 rings (SSSR count). The van der Waals surface area contributed by atoms with Crippen molar-refractivity contribution in [3.05, 3.63) is 60.8 Å². The van der Waals surface area contributed by atoms with E-state index in [9.17, 15) is 0 Å². The highest BCUT2D eigenvalue weighted by molar-refractivity contribution is 5.13. The minimum Gasteiger partial charge on any atom is -0.0842 e. The van der Waals surface area contributed by atoms with E-state index in [0.29, 0.717) is 0 Å². The molecular formula is C13H15. The molecule has 0 spiro atoms. The van der Waals surface area contributed by atoms with Crippen LogP contribution in [-0.2, 0) is 0 Å². The van der Waals surface area contributed by atoms with Crippen LogP contribution < -0.4 is 0 Å². The summed E-state index contributed by atoms with van der Waals surface area (Å²) in [6.07, 6.45) is 25.0. The molecule has 0 N–H and O–H groups in total. The monoisotopic (exact) mass is 171 g/mol. The Morgan fingerprint density at radius 2 is 1.54 bits per heavy atom. The number of rotatable bonds is 0. The standard InChI is InChI=1S/C13H15/c1-2-4-6-8-10-12-13-11-9-7-5-3-1/h1-6,9,11,13H,7-8,10H2/b2-1+,5-3-,6-4-,11-9-,13-12?. The van der Waals surface area contributed by atoms with E-state index in [1.165, 1.54) is 0 Å². The van der Waals surface area contributed by atoms with Gasteiger partial charge in [0.25, 0.3) is 0 Å². The second-order valence-electron chi connectivity index (χ2n) is 2.81. The molecule has 0 aromatic carbocycles. The third kappa shape index (κ3) is 5.92. The van der Waals surface area contributed by atoms with Gasteiger partial charge in [-0.1, -0.05) is 54.7 Å². The van der Waals surface area contributed by atoms with Crippen LogP contribution in [0.25, 0.3) is 0 Å². The predicted molar refractivity (Wildman–Crippen MR) is 58.2 cm³/mol. The van der Waals surface area contributed by atoms with Crippen LogP contribution >= 0.6 is 0 Å². The molecule has 0 bridgehead atoms. The molecule has 0 saturated heterocycles. The van der Waals surface area contributed by atoms with Crippen LogP contribution in [0, 0.1) is 6.08 Å². The number of hydrogen-bond acceptors (Lipinski definition) is 0. The van der Waals surface area contributed by atoms with Crippen LogP contribution in [0.4, 0.5) is 0 Å². The lowest BCUT2D eigenvalue weighted by atomic mass is 10.2. The van der Waals surface area contributed by atoms with Gasteiger partial charge in [-0.3, -0.25) is 0 Å². The maximum Gasteiger partial charge on any atom is -0.0163 e. The Kier molecular flexibility index (Phi) is 5.54. The summed E-state index contributed by atoms with van der Waals surface area (Å²) in [5.41, 5.74) is 0. The first-order valence-electron chi connectivity index (χ1n) is 4.70. The Balaban J connectivity index is 2.49. The van der Waals surface area contributed by atoms with Crippen LogP contribution in [0.3, 0.4) is 0 Å².